The van der Waals surface area contributed by atoms with E-state index in [1.165, 1.54) is 17.0 Å². The summed E-state index contributed by atoms with van der Waals surface area (Å²) in [6.45, 7) is 6.21. The van der Waals surface area contributed by atoms with Gasteiger partial charge in [-0.2, -0.15) is 5.10 Å². The number of thiazole rings is 1. The van der Waals surface area contributed by atoms with Crippen LogP contribution in [0.4, 0.5) is 5.13 Å². The molecule has 2 aromatic rings. The van der Waals surface area contributed by atoms with Gasteiger partial charge in [0.2, 0.25) is 5.91 Å². The Morgan fingerprint density at radius 2 is 2.23 bits per heavy atom. The van der Waals surface area contributed by atoms with Crippen LogP contribution in [-0.2, 0) is 31.1 Å². The molecule has 0 radical (unpaired) electrons. The molecule has 3 rings (SSSR count). The van der Waals surface area contributed by atoms with Gasteiger partial charge in [0, 0.05) is 23.2 Å². The van der Waals surface area contributed by atoms with E-state index >= 15 is 0 Å². The minimum atomic E-state index is -0.0154. The van der Waals surface area contributed by atoms with Crippen molar-refractivity contribution >= 4 is 22.4 Å². The Labute approximate surface area is 134 Å². The maximum Gasteiger partial charge on any atom is 0.230 e. The highest BCUT2D eigenvalue weighted by Crippen LogP contribution is 2.32. The number of carbonyl (C=O) groups is 1. The van der Waals surface area contributed by atoms with E-state index in [1.807, 2.05) is 25.6 Å². The van der Waals surface area contributed by atoms with Crippen LogP contribution in [0.5, 0.6) is 0 Å². The zero-order valence-electron chi connectivity index (χ0n) is 13.6. The SMILES string of the molecule is Cc1nn(C)c(C)c1CC(=O)Nc1nc2c(s1)CC(C)CC2. The largest absolute Gasteiger partial charge is 0.302 e. The van der Waals surface area contributed by atoms with Gasteiger partial charge in [-0.25, -0.2) is 4.98 Å². The van der Waals surface area contributed by atoms with E-state index in [9.17, 15) is 4.79 Å². The summed E-state index contributed by atoms with van der Waals surface area (Å²) in [6, 6.07) is 0. The summed E-state index contributed by atoms with van der Waals surface area (Å²) < 4.78 is 1.82. The molecule has 1 N–H and O–H groups in total. The van der Waals surface area contributed by atoms with Crippen LogP contribution in [0.2, 0.25) is 0 Å². The summed E-state index contributed by atoms with van der Waals surface area (Å²) >= 11 is 1.63. The topological polar surface area (TPSA) is 59.8 Å². The van der Waals surface area contributed by atoms with Gasteiger partial charge in [-0.3, -0.25) is 9.48 Å². The van der Waals surface area contributed by atoms with Crippen LogP contribution in [0.25, 0.3) is 0 Å². The zero-order valence-corrected chi connectivity index (χ0v) is 14.4. The molecule has 0 aromatic carbocycles. The number of aromatic nitrogens is 3. The molecule has 5 nitrogen and oxygen atoms in total. The fraction of sp³-hybridized carbons (Fsp3) is 0.562. The smallest absolute Gasteiger partial charge is 0.230 e. The molecule has 6 heteroatoms. The van der Waals surface area contributed by atoms with Crippen LogP contribution in [0.1, 0.15) is 40.9 Å². The first-order valence-electron chi connectivity index (χ1n) is 7.71. The van der Waals surface area contributed by atoms with Crippen molar-refractivity contribution < 1.29 is 4.79 Å². The molecule has 1 amide bonds. The molecule has 2 heterocycles. The Balaban J connectivity index is 1.70. The Bertz CT molecular complexity index is 716. The van der Waals surface area contributed by atoms with Gasteiger partial charge in [-0.05, 0) is 39.0 Å². The van der Waals surface area contributed by atoms with Crippen LogP contribution in [0, 0.1) is 19.8 Å². The second-order valence-electron chi connectivity index (χ2n) is 6.23. The molecule has 0 fully saturated rings. The number of aryl methyl sites for hydroxylation is 3. The molecule has 1 aliphatic rings. The van der Waals surface area contributed by atoms with Gasteiger partial charge in [0.05, 0.1) is 17.8 Å². The van der Waals surface area contributed by atoms with E-state index in [0.29, 0.717) is 6.42 Å². The predicted molar refractivity (Wildman–Crippen MR) is 88.3 cm³/mol. The number of amides is 1. The lowest BCUT2D eigenvalue weighted by atomic mass is 9.93. The zero-order chi connectivity index (χ0) is 15.9. The number of fused-ring (bicyclic) bond motifs is 1. The fourth-order valence-electron chi connectivity index (χ4n) is 2.99. The maximum atomic E-state index is 12.3. The van der Waals surface area contributed by atoms with Crippen molar-refractivity contribution in [2.24, 2.45) is 13.0 Å². The number of hydrogen-bond donors (Lipinski definition) is 1. The van der Waals surface area contributed by atoms with Gasteiger partial charge < -0.3 is 5.32 Å². The molecule has 118 valence electrons. The first kappa shape index (κ1) is 15.2. The highest BCUT2D eigenvalue weighted by molar-refractivity contribution is 7.15. The van der Waals surface area contributed by atoms with Gasteiger partial charge in [0.25, 0.3) is 0 Å². The summed E-state index contributed by atoms with van der Waals surface area (Å²) in [5.74, 6) is 0.704. The van der Waals surface area contributed by atoms with Crippen molar-refractivity contribution in [2.75, 3.05) is 5.32 Å². The number of carbonyl (C=O) groups excluding carboxylic acids is 1. The van der Waals surface area contributed by atoms with Crippen LogP contribution in [0.15, 0.2) is 0 Å². The number of nitrogens with zero attached hydrogens (tertiary/aromatic N) is 3. The average Bonchev–Trinajstić information content (AvgIpc) is 2.94. The predicted octanol–water partition coefficient (Wildman–Crippen LogP) is 2.80. The van der Waals surface area contributed by atoms with Crippen molar-refractivity contribution in [1.29, 1.82) is 0 Å². The third-order valence-corrected chi connectivity index (χ3v) is 5.46. The lowest BCUT2D eigenvalue weighted by Crippen LogP contribution is -2.15. The van der Waals surface area contributed by atoms with Crippen LogP contribution >= 0.6 is 11.3 Å². The minimum Gasteiger partial charge on any atom is -0.302 e. The molecule has 0 aliphatic heterocycles. The third-order valence-electron chi connectivity index (χ3n) is 4.43. The Morgan fingerprint density at radius 3 is 2.91 bits per heavy atom. The number of rotatable bonds is 3. The van der Waals surface area contributed by atoms with E-state index in [-0.39, 0.29) is 5.91 Å². The van der Waals surface area contributed by atoms with Crippen molar-refractivity contribution in [3.63, 3.8) is 0 Å². The fourth-order valence-corrected chi connectivity index (χ4v) is 4.18. The van der Waals surface area contributed by atoms with Crippen molar-refractivity contribution in [3.05, 3.63) is 27.5 Å². The standard InChI is InChI=1S/C16H22N4OS/c1-9-5-6-13-14(7-9)22-16(17-13)18-15(21)8-12-10(2)19-20(4)11(12)3/h9H,5-8H2,1-4H3,(H,17,18,21). The van der Waals surface area contributed by atoms with Crippen molar-refractivity contribution in [2.45, 2.75) is 46.5 Å². The Kier molecular flexibility index (Phi) is 4.04. The molecule has 2 aromatic heterocycles. The average molecular weight is 318 g/mol. The van der Waals surface area contributed by atoms with Gasteiger partial charge in [-0.1, -0.05) is 6.92 Å². The molecule has 1 aliphatic carbocycles. The van der Waals surface area contributed by atoms with Gasteiger partial charge in [-0.15, -0.1) is 11.3 Å². The summed E-state index contributed by atoms with van der Waals surface area (Å²) in [5, 5.41) is 8.05. The molecule has 0 saturated carbocycles. The number of anilines is 1. The highest BCUT2D eigenvalue weighted by atomic mass is 32.1. The van der Waals surface area contributed by atoms with Crippen molar-refractivity contribution in [1.82, 2.24) is 14.8 Å². The number of nitrogens with one attached hydrogen (secondary N) is 1. The summed E-state index contributed by atoms with van der Waals surface area (Å²) in [5.41, 5.74) is 4.14. The quantitative estimate of drug-likeness (QED) is 0.946. The molecule has 1 unspecified atom stereocenters. The molecule has 22 heavy (non-hydrogen) atoms. The maximum absolute atomic E-state index is 12.3. The Hall–Kier alpha value is -1.69. The van der Waals surface area contributed by atoms with E-state index in [4.69, 9.17) is 0 Å². The first-order valence-corrected chi connectivity index (χ1v) is 8.53. The van der Waals surface area contributed by atoms with Gasteiger partial charge in [0.15, 0.2) is 5.13 Å². The van der Waals surface area contributed by atoms with Gasteiger partial charge in [0.1, 0.15) is 0 Å². The summed E-state index contributed by atoms with van der Waals surface area (Å²) in [7, 11) is 1.90. The van der Waals surface area contributed by atoms with E-state index in [1.54, 1.807) is 11.3 Å². The second-order valence-corrected chi connectivity index (χ2v) is 7.32. The Morgan fingerprint density at radius 1 is 1.45 bits per heavy atom. The third kappa shape index (κ3) is 2.92. The van der Waals surface area contributed by atoms with E-state index in [2.05, 4.69) is 22.3 Å². The molecule has 0 spiro atoms. The highest BCUT2D eigenvalue weighted by Gasteiger charge is 2.21. The monoisotopic (exact) mass is 318 g/mol. The van der Waals surface area contributed by atoms with E-state index < -0.39 is 0 Å². The van der Waals surface area contributed by atoms with Crippen LogP contribution < -0.4 is 5.32 Å². The van der Waals surface area contributed by atoms with Crippen LogP contribution in [0.3, 0.4) is 0 Å². The summed E-state index contributed by atoms with van der Waals surface area (Å²) in [4.78, 5) is 18.2. The molecular formula is C16H22N4OS. The second kappa shape index (κ2) is 5.83. The molecule has 0 bridgehead atoms. The van der Waals surface area contributed by atoms with Crippen molar-refractivity contribution in [3.8, 4) is 0 Å². The minimum absolute atomic E-state index is 0.0154. The summed E-state index contributed by atoms with van der Waals surface area (Å²) in [6.07, 6.45) is 3.66. The number of hydrogen-bond acceptors (Lipinski definition) is 4. The van der Waals surface area contributed by atoms with Gasteiger partial charge >= 0.3 is 0 Å². The van der Waals surface area contributed by atoms with Crippen LogP contribution in [-0.4, -0.2) is 20.7 Å². The normalized spacial score (nSPS) is 17.4. The first-order chi connectivity index (χ1) is 10.4. The lowest BCUT2D eigenvalue weighted by Gasteiger charge is -2.15. The molecular weight excluding hydrogens is 296 g/mol. The molecule has 1 atom stereocenters. The molecule has 0 saturated heterocycles. The van der Waals surface area contributed by atoms with E-state index in [0.717, 1.165) is 40.8 Å². The lowest BCUT2D eigenvalue weighted by molar-refractivity contribution is -0.115.